The predicted octanol–water partition coefficient (Wildman–Crippen LogP) is -0.00270. The number of para-hydroxylation sites is 1. The Bertz CT molecular complexity index is 590. The van der Waals surface area contributed by atoms with Crippen molar-refractivity contribution < 1.29 is 69.1 Å². The second-order valence-electron chi connectivity index (χ2n) is 4.02. The number of hydrogen-bond acceptors (Lipinski definition) is 1. The minimum absolute atomic E-state index is 0. The Morgan fingerprint density at radius 3 is 2.20 bits per heavy atom. The smallest absolute Gasteiger partial charge is 0.445 e. The molecule has 0 radical (unpaired) electrons. The molecule has 20 heavy (non-hydrogen) atoms. The van der Waals surface area contributed by atoms with E-state index in [4.69, 9.17) is 0 Å². The molecule has 0 saturated heterocycles. The van der Waals surface area contributed by atoms with Crippen molar-refractivity contribution in [2.24, 2.45) is 0 Å². The number of nitrogens with one attached hydrogen (secondary N) is 1. The largest absolute Gasteiger partial charge is 1.00 e. The van der Waals surface area contributed by atoms with E-state index in [1.807, 2.05) is 0 Å². The molecule has 0 bridgehead atoms. The minimum Gasteiger partial charge on any atom is -0.445 e. The first-order valence-corrected chi connectivity index (χ1v) is 5.63. The van der Waals surface area contributed by atoms with Crippen LogP contribution in [0.2, 0.25) is 0 Å². The molecule has 2 rings (SSSR count). The van der Waals surface area contributed by atoms with Crippen LogP contribution < -0.4 is 62.2 Å². The molecule has 2 aromatic rings. The maximum absolute atomic E-state index is 12.6. The van der Waals surface area contributed by atoms with Crippen molar-refractivity contribution in [1.29, 1.82) is 0 Å². The van der Waals surface area contributed by atoms with E-state index in [0.29, 0.717) is 5.69 Å². The molecule has 0 aromatic heterocycles. The Balaban J connectivity index is 0.00000200. The molecule has 0 aliphatic carbocycles. The van der Waals surface area contributed by atoms with E-state index in [0.717, 1.165) is 12.1 Å². The Labute approximate surface area is 157 Å². The van der Waals surface area contributed by atoms with Gasteiger partial charge in [0.05, 0.1) is 0 Å². The topological polar surface area (TPSA) is 29.1 Å². The third kappa shape index (κ3) is 4.75. The first-order valence-electron chi connectivity index (χ1n) is 5.63. The summed E-state index contributed by atoms with van der Waals surface area (Å²) in [6.45, 7) is -5.10. The average molecular weight is 303 g/mol. The molecule has 0 spiro atoms. The van der Waals surface area contributed by atoms with Gasteiger partial charge in [-0.2, -0.15) is 0 Å². The van der Waals surface area contributed by atoms with E-state index < -0.39 is 18.3 Å². The van der Waals surface area contributed by atoms with Gasteiger partial charge in [-0.25, -0.2) is 0 Å². The zero-order valence-corrected chi connectivity index (χ0v) is 13.9. The Kier molecular flexibility index (Phi) is 6.48. The molecular weight excluding hydrogens is 293 g/mol. The van der Waals surface area contributed by atoms with Crippen LogP contribution in [0.5, 0.6) is 0 Å². The number of amides is 1. The monoisotopic (exact) mass is 303 g/mol. The molecule has 2 nitrogen and oxygen atoms in total. The molecule has 0 aliphatic rings. The maximum atomic E-state index is 12.6. The third-order valence-electron chi connectivity index (χ3n) is 2.56. The van der Waals surface area contributed by atoms with Crippen LogP contribution in [0.1, 0.15) is 10.4 Å². The number of hydrogen-bond donors (Lipinski definition) is 1. The summed E-state index contributed by atoms with van der Waals surface area (Å²) in [6, 6.07) is 13.0. The summed E-state index contributed by atoms with van der Waals surface area (Å²) < 4.78 is 37.8. The SMILES string of the molecule is O=C(Nc1ccccc1)c1cccc([B-](F)(F)F)c1.[K+]. The fourth-order valence-electron chi connectivity index (χ4n) is 1.61. The predicted molar refractivity (Wildman–Crippen MR) is 69.5 cm³/mol. The second kappa shape index (κ2) is 7.42. The van der Waals surface area contributed by atoms with Crippen LogP contribution in [0.4, 0.5) is 18.6 Å². The first-order chi connectivity index (χ1) is 8.97. The van der Waals surface area contributed by atoms with Gasteiger partial charge in [0, 0.05) is 11.3 Å². The summed E-state index contributed by atoms with van der Waals surface area (Å²) in [6.07, 6.45) is 0. The Morgan fingerprint density at radius 2 is 1.60 bits per heavy atom. The number of anilines is 1. The summed E-state index contributed by atoms with van der Waals surface area (Å²) in [4.78, 5) is 11.8. The van der Waals surface area contributed by atoms with Gasteiger partial charge in [-0.3, -0.25) is 4.79 Å². The van der Waals surface area contributed by atoms with Gasteiger partial charge in [0.15, 0.2) is 0 Å². The van der Waals surface area contributed by atoms with Crippen molar-refractivity contribution in [3.8, 4) is 0 Å². The molecule has 0 saturated carbocycles. The van der Waals surface area contributed by atoms with Crippen molar-refractivity contribution in [3.63, 3.8) is 0 Å². The normalized spacial score (nSPS) is 10.6. The average Bonchev–Trinajstić information content (AvgIpc) is 2.39. The van der Waals surface area contributed by atoms with Gasteiger partial charge >= 0.3 is 58.4 Å². The minimum atomic E-state index is -5.10. The quantitative estimate of drug-likeness (QED) is 0.795. The van der Waals surface area contributed by atoms with E-state index in [9.17, 15) is 17.7 Å². The van der Waals surface area contributed by atoms with Crippen molar-refractivity contribution in [3.05, 3.63) is 60.2 Å². The molecular formula is C13H10BF3KNO. The second-order valence-corrected chi connectivity index (χ2v) is 4.02. The van der Waals surface area contributed by atoms with Gasteiger partial charge in [0.1, 0.15) is 0 Å². The molecule has 0 atom stereocenters. The fraction of sp³-hybridized carbons (Fsp3) is 0. The van der Waals surface area contributed by atoms with Crippen molar-refractivity contribution in [1.82, 2.24) is 0 Å². The third-order valence-corrected chi connectivity index (χ3v) is 2.56. The van der Waals surface area contributed by atoms with E-state index in [-0.39, 0.29) is 56.9 Å². The number of benzene rings is 2. The van der Waals surface area contributed by atoms with E-state index in [1.165, 1.54) is 12.1 Å². The van der Waals surface area contributed by atoms with Gasteiger partial charge in [-0.1, -0.05) is 36.4 Å². The van der Waals surface area contributed by atoms with Gasteiger partial charge in [-0.15, -0.1) is 5.46 Å². The molecule has 0 heterocycles. The fourth-order valence-corrected chi connectivity index (χ4v) is 1.61. The van der Waals surface area contributed by atoms with Crippen molar-refractivity contribution >= 4 is 24.0 Å². The standard InChI is InChI=1S/C13H10BF3NO.K/c15-14(16,17)11-6-4-5-10(9-11)13(19)18-12-7-2-1-3-8-12;/h1-9H,(H,18,19);/q-1;+1. The number of carbonyl (C=O) groups excluding carboxylic acids is 1. The van der Waals surface area contributed by atoms with Crippen molar-refractivity contribution in [2.75, 3.05) is 5.32 Å². The molecule has 1 amide bonds. The van der Waals surface area contributed by atoms with Crippen LogP contribution in [-0.2, 0) is 0 Å². The number of carbonyl (C=O) groups is 1. The molecule has 2 aromatic carbocycles. The molecule has 1 N–H and O–H groups in total. The summed E-state index contributed by atoms with van der Waals surface area (Å²) in [7, 11) is 0. The van der Waals surface area contributed by atoms with Gasteiger partial charge in [0.25, 0.3) is 5.91 Å². The van der Waals surface area contributed by atoms with Crippen LogP contribution >= 0.6 is 0 Å². The summed E-state index contributed by atoms with van der Waals surface area (Å²) in [5.41, 5.74) is -0.253. The number of rotatable bonds is 3. The Morgan fingerprint density at radius 1 is 0.950 bits per heavy atom. The van der Waals surface area contributed by atoms with Gasteiger partial charge in [-0.05, 0) is 18.2 Å². The van der Waals surface area contributed by atoms with Crippen LogP contribution in [0.25, 0.3) is 0 Å². The molecule has 7 heteroatoms. The van der Waals surface area contributed by atoms with E-state index in [1.54, 1.807) is 30.3 Å². The summed E-state index contributed by atoms with van der Waals surface area (Å²) >= 11 is 0. The van der Waals surface area contributed by atoms with Crippen LogP contribution in [0.15, 0.2) is 54.6 Å². The number of halogens is 3. The summed E-state index contributed by atoms with van der Waals surface area (Å²) in [5, 5.41) is 2.54. The van der Waals surface area contributed by atoms with Crippen LogP contribution in [0, 0.1) is 0 Å². The van der Waals surface area contributed by atoms with Crippen molar-refractivity contribution in [2.45, 2.75) is 0 Å². The zero-order valence-electron chi connectivity index (χ0n) is 10.8. The Hall–Kier alpha value is -0.599. The molecule has 0 unspecified atom stereocenters. The molecule has 98 valence electrons. The van der Waals surface area contributed by atoms with Crippen LogP contribution in [-0.4, -0.2) is 12.9 Å². The molecule has 0 aliphatic heterocycles. The maximum Gasteiger partial charge on any atom is 1.00 e. The van der Waals surface area contributed by atoms with E-state index >= 15 is 0 Å². The summed E-state index contributed by atoms with van der Waals surface area (Å²) in [5.74, 6) is -0.562. The zero-order chi connectivity index (χ0) is 13.9. The van der Waals surface area contributed by atoms with Gasteiger partial charge < -0.3 is 18.3 Å². The molecule has 0 fully saturated rings. The first kappa shape index (κ1) is 17.5. The van der Waals surface area contributed by atoms with Gasteiger partial charge in [0.2, 0.25) is 0 Å². The van der Waals surface area contributed by atoms with E-state index in [2.05, 4.69) is 5.32 Å². The van der Waals surface area contributed by atoms with Crippen LogP contribution in [0.3, 0.4) is 0 Å².